The van der Waals surface area contributed by atoms with Crippen LogP contribution >= 0.6 is 0 Å². The summed E-state index contributed by atoms with van der Waals surface area (Å²) in [5.74, 6) is 0.991. The Bertz CT molecular complexity index is 454. The van der Waals surface area contributed by atoms with E-state index in [1.165, 1.54) is 31.3 Å². The number of para-hydroxylation sites is 1. The van der Waals surface area contributed by atoms with Crippen LogP contribution in [-0.4, -0.2) is 19.1 Å². The molecule has 1 aliphatic rings. The van der Waals surface area contributed by atoms with Gasteiger partial charge in [0.25, 0.3) is 0 Å². The molecule has 0 saturated carbocycles. The highest BCUT2D eigenvalue weighted by Gasteiger charge is 2.05. The maximum atomic E-state index is 11.7. The largest absolute Gasteiger partial charge is 0.494 e. The molecule has 2 rings (SSSR count). The van der Waals surface area contributed by atoms with E-state index in [9.17, 15) is 4.79 Å². The van der Waals surface area contributed by atoms with Crippen molar-refractivity contribution in [3.8, 4) is 5.75 Å². The van der Waals surface area contributed by atoms with Crippen molar-refractivity contribution in [1.29, 1.82) is 0 Å². The van der Waals surface area contributed by atoms with Crippen LogP contribution in [0.4, 0.5) is 0 Å². The van der Waals surface area contributed by atoms with Crippen molar-refractivity contribution >= 4 is 5.91 Å². The standard InChI is InChI=1S/C18H25NO2/c20-18(19-14-13-16-8-3-1-4-9-16)12-7-15-21-17-10-5-2-6-11-17/h2,5-6,8,10-11H,1,3-4,7,9,12-15H2,(H,19,20). The fourth-order valence-electron chi connectivity index (χ4n) is 2.52. The maximum Gasteiger partial charge on any atom is 0.220 e. The first kappa shape index (κ1) is 15.6. The number of allylic oxidation sites excluding steroid dienone is 1. The maximum absolute atomic E-state index is 11.7. The molecule has 1 aromatic carbocycles. The Morgan fingerprint density at radius 2 is 2.05 bits per heavy atom. The van der Waals surface area contributed by atoms with E-state index in [0.29, 0.717) is 13.0 Å². The Hall–Kier alpha value is -1.77. The van der Waals surface area contributed by atoms with Crippen molar-refractivity contribution in [2.45, 2.75) is 44.9 Å². The zero-order chi connectivity index (χ0) is 14.8. The summed E-state index contributed by atoms with van der Waals surface area (Å²) >= 11 is 0. The van der Waals surface area contributed by atoms with E-state index in [4.69, 9.17) is 4.74 Å². The number of carbonyl (C=O) groups is 1. The molecule has 1 aromatic rings. The Labute approximate surface area is 127 Å². The molecule has 0 bridgehead atoms. The minimum atomic E-state index is 0.128. The molecule has 0 aromatic heterocycles. The summed E-state index contributed by atoms with van der Waals surface area (Å²) in [5, 5.41) is 2.99. The average Bonchev–Trinajstić information content (AvgIpc) is 2.54. The Kier molecular flexibility index (Phi) is 6.85. The second kappa shape index (κ2) is 9.22. The van der Waals surface area contributed by atoms with Crippen LogP contribution in [0.1, 0.15) is 44.9 Å². The summed E-state index contributed by atoms with van der Waals surface area (Å²) in [6.45, 7) is 1.35. The van der Waals surface area contributed by atoms with Gasteiger partial charge >= 0.3 is 0 Å². The quantitative estimate of drug-likeness (QED) is 0.582. The van der Waals surface area contributed by atoms with Crippen molar-refractivity contribution in [3.05, 3.63) is 42.0 Å². The fourth-order valence-corrected chi connectivity index (χ4v) is 2.52. The molecule has 0 fully saturated rings. The SMILES string of the molecule is O=C(CCCOc1ccccc1)NCCC1=CCCCC1. The lowest BCUT2D eigenvalue weighted by molar-refractivity contribution is -0.121. The van der Waals surface area contributed by atoms with Crippen LogP contribution in [-0.2, 0) is 4.79 Å². The molecule has 0 heterocycles. The topological polar surface area (TPSA) is 38.3 Å². The number of benzene rings is 1. The molecule has 0 aliphatic heterocycles. The number of ether oxygens (including phenoxy) is 1. The predicted molar refractivity (Wildman–Crippen MR) is 85.3 cm³/mol. The van der Waals surface area contributed by atoms with Crippen molar-refractivity contribution in [2.75, 3.05) is 13.2 Å². The fraction of sp³-hybridized carbons (Fsp3) is 0.500. The summed E-state index contributed by atoms with van der Waals surface area (Å²) in [4.78, 5) is 11.7. The molecule has 3 heteroatoms. The lowest BCUT2D eigenvalue weighted by atomic mass is 9.97. The van der Waals surface area contributed by atoms with Gasteiger partial charge in [0.15, 0.2) is 0 Å². The zero-order valence-electron chi connectivity index (χ0n) is 12.6. The summed E-state index contributed by atoms with van der Waals surface area (Å²) in [5.41, 5.74) is 1.51. The highest BCUT2D eigenvalue weighted by Crippen LogP contribution is 2.19. The molecule has 1 N–H and O–H groups in total. The summed E-state index contributed by atoms with van der Waals surface area (Å²) in [6.07, 6.45) is 9.67. The second-order valence-electron chi connectivity index (χ2n) is 5.47. The molecule has 0 spiro atoms. The third-order valence-corrected chi connectivity index (χ3v) is 3.71. The third-order valence-electron chi connectivity index (χ3n) is 3.71. The first-order chi connectivity index (χ1) is 10.3. The smallest absolute Gasteiger partial charge is 0.220 e. The van der Waals surface area contributed by atoms with Gasteiger partial charge in [0.2, 0.25) is 5.91 Å². The molecular formula is C18H25NO2. The van der Waals surface area contributed by atoms with Gasteiger partial charge in [-0.25, -0.2) is 0 Å². The number of hydrogen-bond acceptors (Lipinski definition) is 2. The Balaban J connectivity index is 1.50. The number of carbonyl (C=O) groups excluding carboxylic acids is 1. The first-order valence-electron chi connectivity index (χ1n) is 7.97. The van der Waals surface area contributed by atoms with Gasteiger partial charge in [0, 0.05) is 13.0 Å². The monoisotopic (exact) mass is 287 g/mol. The molecule has 0 unspecified atom stereocenters. The highest BCUT2D eigenvalue weighted by atomic mass is 16.5. The van der Waals surface area contributed by atoms with Crippen molar-refractivity contribution < 1.29 is 9.53 Å². The average molecular weight is 287 g/mol. The normalized spacial score (nSPS) is 14.4. The summed E-state index contributed by atoms with van der Waals surface area (Å²) < 4.78 is 5.57. The molecule has 3 nitrogen and oxygen atoms in total. The van der Waals surface area contributed by atoms with Gasteiger partial charge in [0.1, 0.15) is 5.75 Å². The van der Waals surface area contributed by atoms with Crippen LogP contribution in [0.25, 0.3) is 0 Å². The first-order valence-corrected chi connectivity index (χ1v) is 7.97. The molecule has 1 aliphatic carbocycles. The van der Waals surface area contributed by atoms with E-state index in [1.54, 1.807) is 0 Å². The van der Waals surface area contributed by atoms with Gasteiger partial charge in [-0.2, -0.15) is 0 Å². The van der Waals surface area contributed by atoms with Crippen molar-refractivity contribution in [3.63, 3.8) is 0 Å². The van der Waals surface area contributed by atoms with E-state index in [2.05, 4.69) is 11.4 Å². The van der Waals surface area contributed by atoms with Crippen LogP contribution in [0.2, 0.25) is 0 Å². The van der Waals surface area contributed by atoms with Gasteiger partial charge in [-0.15, -0.1) is 0 Å². The van der Waals surface area contributed by atoms with Gasteiger partial charge in [0.05, 0.1) is 6.61 Å². The minimum absolute atomic E-state index is 0.128. The third kappa shape index (κ3) is 6.48. The molecule has 0 saturated heterocycles. The van der Waals surface area contributed by atoms with E-state index < -0.39 is 0 Å². The molecule has 21 heavy (non-hydrogen) atoms. The van der Waals surface area contributed by atoms with Gasteiger partial charge in [-0.05, 0) is 50.7 Å². The lowest BCUT2D eigenvalue weighted by Gasteiger charge is -2.13. The van der Waals surface area contributed by atoms with Gasteiger partial charge < -0.3 is 10.1 Å². The second-order valence-corrected chi connectivity index (χ2v) is 5.47. The number of amides is 1. The molecule has 0 atom stereocenters. The van der Waals surface area contributed by atoms with Crippen LogP contribution < -0.4 is 10.1 Å². The number of hydrogen-bond donors (Lipinski definition) is 1. The van der Waals surface area contributed by atoms with Crippen LogP contribution in [0, 0.1) is 0 Å². The Morgan fingerprint density at radius 3 is 2.81 bits per heavy atom. The molecule has 114 valence electrons. The van der Waals surface area contributed by atoms with E-state index >= 15 is 0 Å². The van der Waals surface area contributed by atoms with Gasteiger partial charge in [-0.1, -0.05) is 29.8 Å². The van der Waals surface area contributed by atoms with Crippen molar-refractivity contribution in [1.82, 2.24) is 5.32 Å². The highest BCUT2D eigenvalue weighted by molar-refractivity contribution is 5.75. The zero-order valence-corrected chi connectivity index (χ0v) is 12.6. The van der Waals surface area contributed by atoms with E-state index in [-0.39, 0.29) is 5.91 Å². The summed E-state index contributed by atoms with van der Waals surface area (Å²) in [6, 6.07) is 9.71. The molecular weight excluding hydrogens is 262 g/mol. The van der Waals surface area contributed by atoms with Crippen LogP contribution in [0.3, 0.4) is 0 Å². The minimum Gasteiger partial charge on any atom is -0.494 e. The Morgan fingerprint density at radius 1 is 1.19 bits per heavy atom. The van der Waals surface area contributed by atoms with E-state index in [1.807, 2.05) is 30.3 Å². The van der Waals surface area contributed by atoms with Crippen molar-refractivity contribution in [2.24, 2.45) is 0 Å². The van der Waals surface area contributed by atoms with Gasteiger partial charge in [-0.3, -0.25) is 4.79 Å². The van der Waals surface area contributed by atoms with Crippen LogP contribution in [0.15, 0.2) is 42.0 Å². The molecule has 1 amide bonds. The molecule has 0 radical (unpaired) electrons. The summed E-state index contributed by atoms with van der Waals surface area (Å²) in [7, 11) is 0. The number of nitrogens with one attached hydrogen (secondary N) is 1. The van der Waals surface area contributed by atoms with Crippen LogP contribution in [0.5, 0.6) is 5.75 Å². The lowest BCUT2D eigenvalue weighted by Crippen LogP contribution is -2.25. The van der Waals surface area contributed by atoms with E-state index in [0.717, 1.165) is 25.1 Å². The predicted octanol–water partition coefficient (Wildman–Crippen LogP) is 3.85. The number of rotatable bonds is 8.